The van der Waals surface area contributed by atoms with Crippen LogP contribution in [-0.2, 0) is 6.61 Å². The van der Waals surface area contributed by atoms with E-state index in [2.05, 4.69) is 15.9 Å². The highest BCUT2D eigenvalue weighted by molar-refractivity contribution is 9.10. The van der Waals surface area contributed by atoms with Gasteiger partial charge in [-0.2, -0.15) is 0 Å². The average Bonchev–Trinajstić information content (AvgIpc) is 2.41. The fraction of sp³-hybridized carbons (Fsp3) is 0.250. The van der Waals surface area contributed by atoms with Gasteiger partial charge in [0.15, 0.2) is 0 Å². The Morgan fingerprint density at radius 2 is 2.00 bits per heavy atom. The van der Waals surface area contributed by atoms with Crippen molar-refractivity contribution in [2.24, 2.45) is 5.73 Å². The smallest absolute Gasteiger partial charge is 0.126 e. The summed E-state index contributed by atoms with van der Waals surface area (Å²) in [5.74, 6) is 0.375. The van der Waals surface area contributed by atoms with E-state index >= 15 is 0 Å². The van der Waals surface area contributed by atoms with Crippen molar-refractivity contribution in [3.63, 3.8) is 0 Å². The predicted octanol–water partition coefficient (Wildman–Crippen LogP) is 4.50. The topological polar surface area (TPSA) is 35.2 Å². The van der Waals surface area contributed by atoms with E-state index in [9.17, 15) is 4.39 Å². The van der Waals surface area contributed by atoms with Crippen LogP contribution >= 0.6 is 15.9 Å². The van der Waals surface area contributed by atoms with Crippen molar-refractivity contribution in [1.82, 2.24) is 0 Å². The zero-order chi connectivity index (χ0) is 14.7. The summed E-state index contributed by atoms with van der Waals surface area (Å²) in [7, 11) is 0. The van der Waals surface area contributed by atoms with Crippen LogP contribution in [0.25, 0.3) is 0 Å². The van der Waals surface area contributed by atoms with E-state index in [1.165, 1.54) is 6.07 Å². The maximum absolute atomic E-state index is 13.6. The standard InChI is InChI=1S/C16H17BrFNO/c1-10-7-16(13(11(2)19)8-15(10)18)20-9-12-5-3-4-6-14(12)17/h3-8,11H,9,19H2,1-2H3/t11-/m1/s1. The number of hydrogen-bond donors (Lipinski definition) is 1. The van der Waals surface area contributed by atoms with Crippen LogP contribution in [-0.4, -0.2) is 0 Å². The van der Waals surface area contributed by atoms with Crippen LogP contribution in [0.4, 0.5) is 4.39 Å². The molecular weight excluding hydrogens is 321 g/mol. The molecule has 0 heterocycles. The van der Waals surface area contributed by atoms with Crippen LogP contribution in [0.3, 0.4) is 0 Å². The first-order chi connectivity index (χ1) is 9.49. The van der Waals surface area contributed by atoms with Crippen LogP contribution in [0.1, 0.15) is 29.7 Å². The van der Waals surface area contributed by atoms with Gasteiger partial charge in [-0.25, -0.2) is 4.39 Å². The number of aryl methyl sites for hydroxylation is 1. The van der Waals surface area contributed by atoms with Crippen molar-refractivity contribution in [2.45, 2.75) is 26.5 Å². The molecule has 0 saturated carbocycles. The van der Waals surface area contributed by atoms with Gasteiger partial charge in [-0.15, -0.1) is 0 Å². The molecule has 0 unspecified atom stereocenters. The van der Waals surface area contributed by atoms with Crippen molar-refractivity contribution in [1.29, 1.82) is 0 Å². The molecule has 2 N–H and O–H groups in total. The maximum atomic E-state index is 13.6. The summed E-state index contributed by atoms with van der Waals surface area (Å²) >= 11 is 3.48. The van der Waals surface area contributed by atoms with Crippen molar-refractivity contribution in [2.75, 3.05) is 0 Å². The summed E-state index contributed by atoms with van der Waals surface area (Å²) < 4.78 is 20.4. The largest absolute Gasteiger partial charge is 0.489 e. The Kier molecular flexibility index (Phi) is 4.78. The number of rotatable bonds is 4. The van der Waals surface area contributed by atoms with Crippen LogP contribution in [0.5, 0.6) is 5.75 Å². The third-order valence-electron chi connectivity index (χ3n) is 3.12. The lowest BCUT2D eigenvalue weighted by molar-refractivity contribution is 0.300. The summed E-state index contributed by atoms with van der Waals surface area (Å²) in [6.07, 6.45) is 0. The van der Waals surface area contributed by atoms with Gasteiger partial charge in [-0.3, -0.25) is 0 Å². The molecule has 0 aromatic heterocycles. The van der Waals surface area contributed by atoms with Gasteiger partial charge in [0, 0.05) is 21.6 Å². The van der Waals surface area contributed by atoms with Crippen molar-refractivity contribution in [3.05, 3.63) is 63.4 Å². The van der Waals surface area contributed by atoms with E-state index in [0.717, 1.165) is 10.0 Å². The zero-order valence-electron chi connectivity index (χ0n) is 11.5. The Labute approximate surface area is 126 Å². The van der Waals surface area contributed by atoms with E-state index in [4.69, 9.17) is 10.5 Å². The summed E-state index contributed by atoms with van der Waals surface area (Å²) in [5.41, 5.74) is 8.14. The molecule has 20 heavy (non-hydrogen) atoms. The first-order valence-electron chi connectivity index (χ1n) is 6.41. The highest BCUT2D eigenvalue weighted by Gasteiger charge is 2.12. The molecule has 2 nitrogen and oxygen atoms in total. The minimum atomic E-state index is -0.278. The van der Waals surface area contributed by atoms with Gasteiger partial charge in [0.1, 0.15) is 18.2 Å². The Morgan fingerprint density at radius 1 is 1.30 bits per heavy atom. The first kappa shape index (κ1) is 15.0. The van der Waals surface area contributed by atoms with Crippen LogP contribution < -0.4 is 10.5 Å². The Bertz CT molecular complexity index is 613. The highest BCUT2D eigenvalue weighted by atomic mass is 79.9. The first-order valence-corrected chi connectivity index (χ1v) is 7.20. The van der Waals surface area contributed by atoms with Crippen LogP contribution in [0, 0.1) is 12.7 Å². The van der Waals surface area contributed by atoms with E-state index < -0.39 is 0 Å². The molecule has 0 aliphatic rings. The second-order valence-electron chi connectivity index (χ2n) is 4.81. The quantitative estimate of drug-likeness (QED) is 0.891. The molecule has 1 atom stereocenters. The zero-order valence-corrected chi connectivity index (χ0v) is 13.1. The molecule has 106 valence electrons. The number of halogens is 2. The van der Waals surface area contributed by atoms with Gasteiger partial charge in [-0.05, 0) is 37.6 Å². The number of benzene rings is 2. The fourth-order valence-corrected chi connectivity index (χ4v) is 2.32. The molecule has 0 radical (unpaired) electrons. The number of ether oxygens (including phenoxy) is 1. The van der Waals surface area contributed by atoms with E-state index in [0.29, 0.717) is 23.5 Å². The fourth-order valence-electron chi connectivity index (χ4n) is 1.92. The Balaban J connectivity index is 2.25. The lowest BCUT2D eigenvalue weighted by Crippen LogP contribution is -2.09. The molecule has 4 heteroatoms. The van der Waals surface area contributed by atoms with Crippen LogP contribution in [0.15, 0.2) is 40.9 Å². The average molecular weight is 338 g/mol. The molecule has 0 aliphatic heterocycles. The Morgan fingerprint density at radius 3 is 2.65 bits per heavy atom. The third kappa shape index (κ3) is 3.38. The minimum Gasteiger partial charge on any atom is -0.489 e. The van der Waals surface area contributed by atoms with Gasteiger partial charge in [0.25, 0.3) is 0 Å². The molecule has 0 spiro atoms. The SMILES string of the molecule is Cc1cc(OCc2ccccc2Br)c([C@@H](C)N)cc1F. The van der Waals surface area contributed by atoms with Gasteiger partial charge in [-0.1, -0.05) is 34.1 Å². The molecular formula is C16H17BrFNO. The minimum absolute atomic E-state index is 0.259. The van der Waals surface area contributed by atoms with Gasteiger partial charge in [0.05, 0.1) is 0 Å². The molecule has 2 aromatic carbocycles. The molecule has 0 amide bonds. The summed E-state index contributed by atoms with van der Waals surface area (Å²) in [4.78, 5) is 0. The van der Waals surface area contributed by atoms with E-state index in [1.807, 2.05) is 31.2 Å². The molecule has 2 aromatic rings. The van der Waals surface area contributed by atoms with Crippen molar-refractivity contribution < 1.29 is 9.13 Å². The number of hydrogen-bond acceptors (Lipinski definition) is 2. The van der Waals surface area contributed by atoms with Crippen molar-refractivity contribution in [3.8, 4) is 5.75 Å². The van der Waals surface area contributed by atoms with Gasteiger partial charge >= 0.3 is 0 Å². The summed E-state index contributed by atoms with van der Waals surface area (Å²) in [6, 6.07) is 10.7. The molecule has 2 rings (SSSR count). The number of nitrogens with two attached hydrogens (primary N) is 1. The molecule has 0 fully saturated rings. The summed E-state index contributed by atoms with van der Waals surface area (Å²) in [5, 5.41) is 0. The Hall–Kier alpha value is -1.39. The summed E-state index contributed by atoms with van der Waals surface area (Å²) in [6.45, 7) is 3.94. The molecule has 0 aliphatic carbocycles. The van der Waals surface area contributed by atoms with Gasteiger partial charge < -0.3 is 10.5 Å². The normalized spacial score (nSPS) is 12.2. The highest BCUT2D eigenvalue weighted by Crippen LogP contribution is 2.28. The lowest BCUT2D eigenvalue weighted by Gasteiger charge is -2.16. The van der Waals surface area contributed by atoms with Gasteiger partial charge in [0.2, 0.25) is 0 Å². The van der Waals surface area contributed by atoms with Crippen molar-refractivity contribution >= 4 is 15.9 Å². The second-order valence-corrected chi connectivity index (χ2v) is 5.66. The maximum Gasteiger partial charge on any atom is 0.126 e. The molecule has 0 bridgehead atoms. The lowest BCUT2D eigenvalue weighted by atomic mass is 10.1. The second kappa shape index (κ2) is 6.37. The van der Waals surface area contributed by atoms with Crippen LogP contribution in [0.2, 0.25) is 0 Å². The molecule has 0 saturated heterocycles. The van der Waals surface area contributed by atoms with E-state index in [-0.39, 0.29) is 11.9 Å². The van der Waals surface area contributed by atoms with E-state index in [1.54, 1.807) is 13.0 Å². The predicted molar refractivity (Wildman–Crippen MR) is 82.2 cm³/mol. The monoisotopic (exact) mass is 337 g/mol. The third-order valence-corrected chi connectivity index (χ3v) is 3.90.